The smallest absolute Gasteiger partial charge is 0.222 e. The Bertz CT molecular complexity index is 537. The molecule has 2 atom stereocenters. The van der Waals surface area contributed by atoms with Crippen molar-refractivity contribution in [1.29, 1.82) is 0 Å². The summed E-state index contributed by atoms with van der Waals surface area (Å²) in [6.07, 6.45) is 2.85. The van der Waals surface area contributed by atoms with Crippen LogP contribution in [0.1, 0.15) is 24.8 Å². The minimum Gasteiger partial charge on any atom is -0.375 e. The van der Waals surface area contributed by atoms with Gasteiger partial charge in [0.25, 0.3) is 0 Å². The molecule has 0 spiro atoms. The molecule has 2 fully saturated rings. The molecular weight excluding hydrogens is 314 g/mol. The average molecular weight is 345 g/mol. The molecule has 0 bridgehead atoms. The molecular formula is C20H31N3O2. The van der Waals surface area contributed by atoms with E-state index in [1.165, 1.54) is 5.56 Å². The Hall–Kier alpha value is -1.43. The summed E-state index contributed by atoms with van der Waals surface area (Å²) in [6.45, 7) is 6.34. The van der Waals surface area contributed by atoms with Crippen LogP contribution in [0, 0.1) is 5.92 Å². The summed E-state index contributed by atoms with van der Waals surface area (Å²) in [6, 6.07) is 10.8. The van der Waals surface area contributed by atoms with Crippen molar-refractivity contribution in [3.8, 4) is 0 Å². The van der Waals surface area contributed by atoms with Gasteiger partial charge in [0.1, 0.15) is 0 Å². The lowest BCUT2D eigenvalue weighted by Gasteiger charge is -2.47. The number of nitrogens with zero attached hydrogens (tertiary/aromatic N) is 2. The van der Waals surface area contributed by atoms with E-state index in [4.69, 9.17) is 4.74 Å². The Morgan fingerprint density at radius 2 is 2.04 bits per heavy atom. The van der Waals surface area contributed by atoms with E-state index in [9.17, 15) is 4.79 Å². The third kappa shape index (κ3) is 5.03. The summed E-state index contributed by atoms with van der Waals surface area (Å²) in [4.78, 5) is 16.9. The summed E-state index contributed by atoms with van der Waals surface area (Å²) >= 11 is 0. The van der Waals surface area contributed by atoms with Crippen LogP contribution in [-0.4, -0.2) is 68.1 Å². The highest BCUT2D eigenvalue weighted by molar-refractivity contribution is 5.77. The Morgan fingerprint density at radius 3 is 2.84 bits per heavy atom. The van der Waals surface area contributed by atoms with Gasteiger partial charge in [-0.15, -0.1) is 0 Å². The number of hydrogen-bond donors (Lipinski definition) is 1. The number of benzene rings is 1. The zero-order chi connectivity index (χ0) is 17.5. The maximum absolute atomic E-state index is 12.2. The maximum Gasteiger partial charge on any atom is 0.222 e. The first-order chi connectivity index (χ1) is 12.3. The summed E-state index contributed by atoms with van der Waals surface area (Å²) in [5, 5.41) is 3.17. The number of hydrogen-bond acceptors (Lipinski definition) is 4. The van der Waals surface area contributed by atoms with Crippen LogP contribution in [0.5, 0.6) is 0 Å². The minimum absolute atomic E-state index is 0.344. The number of likely N-dealkylation sites (N-methyl/N-ethyl adjacent to an activating group) is 1. The number of ether oxygens (including phenoxy) is 1. The van der Waals surface area contributed by atoms with Gasteiger partial charge in [0.2, 0.25) is 5.91 Å². The molecule has 138 valence electrons. The van der Waals surface area contributed by atoms with Gasteiger partial charge in [0, 0.05) is 45.2 Å². The van der Waals surface area contributed by atoms with Gasteiger partial charge in [-0.05, 0) is 31.4 Å². The molecule has 5 heteroatoms. The van der Waals surface area contributed by atoms with Crippen LogP contribution in [0.25, 0.3) is 0 Å². The molecule has 0 unspecified atom stereocenters. The molecule has 1 N–H and O–H groups in total. The van der Waals surface area contributed by atoms with Crippen molar-refractivity contribution in [2.45, 2.75) is 31.9 Å². The predicted octanol–water partition coefficient (Wildman–Crippen LogP) is 1.74. The number of carbonyl (C=O) groups excluding carboxylic acids is 1. The molecule has 0 aromatic heterocycles. The third-order valence-electron chi connectivity index (χ3n) is 5.49. The van der Waals surface area contributed by atoms with Crippen LogP contribution >= 0.6 is 0 Å². The molecule has 5 nitrogen and oxygen atoms in total. The highest BCUT2D eigenvalue weighted by atomic mass is 16.5. The zero-order valence-electron chi connectivity index (χ0n) is 15.3. The lowest BCUT2D eigenvalue weighted by Crippen LogP contribution is -2.57. The number of amides is 1. The fourth-order valence-corrected chi connectivity index (χ4v) is 4.11. The Balaban J connectivity index is 1.41. The van der Waals surface area contributed by atoms with Gasteiger partial charge >= 0.3 is 0 Å². The second-order valence-corrected chi connectivity index (χ2v) is 7.18. The van der Waals surface area contributed by atoms with Crippen molar-refractivity contribution in [3.05, 3.63) is 35.9 Å². The molecule has 2 saturated heterocycles. The molecule has 1 aromatic carbocycles. The molecule has 2 heterocycles. The molecule has 25 heavy (non-hydrogen) atoms. The quantitative estimate of drug-likeness (QED) is 0.729. The maximum atomic E-state index is 12.2. The van der Waals surface area contributed by atoms with E-state index >= 15 is 0 Å². The largest absolute Gasteiger partial charge is 0.375 e. The summed E-state index contributed by atoms with van der Waals surface area (Å²) < 4.78 is 5.84. The molecule has 0 aliphatic carbocycles. The van der Waals surface area contributed by atoms with Crippen molar-refractivity contribution >= 4 is 5.91 Å². The second-order valence-electron chi connectivity index (χ2n) is 7.18. The van der Waals surface area contributed by atoms with Crippen molar-refractivity contribution < 1.29 is 9.53 Å². The highest BCUT2D eigenvalue weighted by Gasteiger charge is 2.38. The Labute approximate surface area is 151 Å². The van der Waals surface area contributed by atoms with Crippen LogP contribution in [0.3, 0.4) is 0 Å². The topological polar surface area (TPSA) is 44.8 Å². The Morgan fingerprint density at radius 1 is 1.20 bits per heavy atom. The normalized spacial score (nSPS) is 24.4. The number of carbonyl (C=O) groups is 1. The van der Waals surface area contributed by atoms with Crippen molar-refractivity contribution in [1.82, 2.24) is 15.1 Å². The van der Waals surface area contributed by atoms with Gasteiger partial charge in [-0.3, -0.25) is 4.79 Å². The van der Waals surface area contributed by atoms with E-state index in [1.807, 2.05) is 25.2 Å². The first-order valence-corrected chi connectivity index (χ1v) is 9.56. The van der Waals surface area contributed by atoms with E-state index in [1.54, 1.807) is 0 Å². The van der Waals surface area contributed by atoms with Gasteiger partial charge in [0.05, 0.1) is 13.2 Å². The number of fused-ring (bicyclic) bond motifs is 1. The second kappa shape index (κ2) is 9.32. The van der Waals surface area contributed by atoms with E-state index in [0.29, 0.717) is 30.9 Å². The predicted molar refractivity (Wildman–Crippen MR) is 99.3 cm³/mol. The fraction of sp³-hybridized carbons (Fsp3) is 0.650. The van der Waals surface area contributed by atoms with Crippen LogP contribution in [0.2, 0.25) is 0 Å². The molecule has 0 saturated carbocycles. The third-order valence-corrected chi connectivity index (χ3v) is 5.49. The lowest BCUT2D eigenvalue weighted by molar-refractivity contribution is -0.141. The number of likely N-dealkylation sites (tertiary alicyclic amines) is 2. The summed E-state index contributed by atoms with van der Waals surface area (Å²) in [5.41, 5.74) is 1.23. The SMILES string of the molecule is CNCCN1C(=O)CC[C@H]2CN(CCOCc3ccccc3)CC[C@H]21. The standard InChI is InChI=1S/C20H31N3O2/c1-21-10-12-23-19-9-11-22(15-18(19)7-8-20(23)24)13-14-25-16-17-5-3-2-4-6-17/h2-6,18-19,21H,7-16H2,1H3/t18-,19+/m0/s1. The molecule has 1 aromatic rings. The number of piperidine rings is 2. The van der Waals surface area contributed by atoms with Gasteiger partial charge in [-0.2, -0.15) is 0 Å². The van der Waals surface area contributed by atoms with Crippen LogP contribution in [0.4, 0.5) is 0 Å². The Kier molecular flexibility index (Phi) is 6.84. The first kappa shape index (κ1) is 18.4. The van der Waals surface area contributed by atoms with E-state index in [-0.39, 0.29) is 0 Å². The van der Waals surface area contributed by atoms with Crippen molar-refractivity contribution in [3.63, 3.8) is 0 Å². The van der Waals surface area contributed by atoms with E-state index in [0.717, 1.165) is 52.2 Å². The molecule has 2 aliphatic rings. The molecule has 2 aliphatic heterocycles. The van der Waals surface area contributed by atoms with Gasteiger partial charge in [-0.25, -0.2) is 0 Å². The number of rotatable bonds is 8. The highest BCUT2D eigenvalue weighted by Crippen LogP contribution is 2.30. The van der Waals surface area contributed by atoms with Crippen LogP contribution in [-0.2, 0) is 16.1 Å². The van der Waals surface area contributed by atoms with Crippen molar-refractivity contribution in [2.75, 3.05) is 46.4 Å². The number of nitrogens with one attached hydrogen (secondary N) is 1. The minimum atomic E-state index is 0.344. The summed E-state index contributed by atoms with van der Waals surface area (Å²) in [5.74, 6) is 0.966. The van der Waals surface area contributed by atoms with Gasteiger partial charge in [0.15, 0.2) is 0 Å². The monoisotopic (exact) mass is 345 g/mol. The van der Waals surface area contributed by atoms with E-state index in [2.05, 4.69) is 27.2 Å². The van der Waals surface area contributed by atoms with Crippen LogP contribution < -0.4 is 5.32 Å². The van der Waals surface area contributed by atoms with E-state index < -0.39 is 0 Å². The summed E-state index contributed by atoms with van der Waals surface area (Å²) in [7, 11) is 1.95. The molecule has 1 amide bonds. The van der Waals surface area contributed by atoms with Crippen LogP contribution in [0.15, 0.2) is 30.3 Å². The van der Waals surface area contributed by atoms with Gasteiger partial charge < -0.3 is 19.9 Å². The average Bonchev–Trinajstić information content (AvgIpc) is 2.65. The first-order valence-electron chi connectivity index (χ1n) is 9.56. The van der Waals surface area contributed by atoms with Crippen molar-refractivity contribution in [2.24, 2.45) is 5.92 Å². The zero-order valence-corrected chi connectivity index (χ0v) is 15.3. The lowest BCUT2D eigenvalue weighted by atomic mass is 9.83. The fourth-order valence-electron chi connectivity index (χ4n) is 4.11. The van der Waals surface area contributed by atoms with Gasteiger partial charge in [-0.1, -0.05) is 30.3 Å². The molecule has 3 rings (SSSR count). The molecule has 0 radical (unpaired) electrons.